The molecule has 0 N–H and O–H groups in total. The van der Waals surface area contributed by atoms with Crippen LogP contribution in [-0.2, 0) is 15.3 Å². The number of anilines is 3. The van der Waals surface area contributed by atoms with Crippen LogP contribution in [0.25, 0.3) is 33.4 Å². The lowest BCUT2D eigenvalue weighted by molar-refractivity contribution is 0.0173. The summed E-state index contributed by atoms with van der Waals surface area (Å²) in [4.78, 5) is 3.31. The van der Waals surface area contributed by atoms with Crippen LogP contribution in [0.3, 0.4) is 0 Å². The maximum atomic E-state index is 14.7. The topological polar surface area (TPSA) is 37.4 Å². The number of nitrogens with zero attached hydrogens (tertiary/aromatic N) is 1. The molecule has 2 saturated carbocycles. The van der Waals surface area contributed by atoms with Crippen molar-refractivity contribution in [3.05, 3.63) is 187 Å². The summed E-state index contributed by atoms with van der Waals surface area (Å²) < 4.78 is 29.4. The third kappa shape index (κ3) is 6.03. The Morgan fingerprint density at radius 3 is 1.40 bits per heavy atom. The first-order valence-electron chi connectivity index (χ1n) is 21.0. The lowest BCUT2D eigenvalue weighted by Gasteiger charge is -2.59. The molecule has 2 bridgehead atoms. The molecule has 3 unspecified atom stereocenters. The predicted molar refractivity (Wildman–Crippen MR) is 238 cm³/mol. The normalized spacial score (nSPS) is 22.8. The lowest BCUT2D eigenvalue weighted by atomic mass is 9.46. The third-order valence-corrected chi connectivity index (χ3v) is 15.6. The summed E-state index contributed by atoms with van der Waals surface area (Å²) in [6, 6.07) is 61.6. The molecule has 1 spiro atoms. The maximum Gasteiger partial charge on any atom is 0.207 e. The van der Waals surface area contributed by atoms with Gasteiger partial charge in [-0.25, -0.2) is 8.42 Å². The zero-order valence-electron chi connectivity index (χ0n) is 33.3. The molecule has 288 valence electrons. The third-order valence-electron chi connectivity index (χ3n) is 13.7. The zero-order valence-corrected chi connectivity index (χ0v) is 34.1. The molecule has 4 heteroatoms. The van der Waals surface area contributed by atoms with Crippen LogP contribution >= 0.6 is 0 Å². The van der Waals surface area contributed by atoms with Gasteiger partial charge in [-0.15, -0.1) is 0 Å². The summed E-state index contributed by atoms with van der Waals surface area (Å²) in [7, 11) is -3.72. The van der Waals surface area contributed by atoms with Crippen LogP contribution in [0.1, 0.15) is 57.1 Å². The van der Waals surface area contributed by atoms with E-state index in [1.54, 1.807) is 0 Å². The Morgan fingerprint density at radius 1 is 0.483 bits per heavy atom. The smallest absolute Gasteiger partial charge is 0.207 e. The van der Waals surface area contributed by atoms with Crippen molar-refractivity contribution in [3.8, 4) is 33.4 Å². The van der Waals surface area contributed by atoms with Crippen LogP contribution in [0.15, 0.2) is 186 Å². The zero-order chi connectivity index (χ0) is 39.4. The quantitative estimate of drug-likeness (QED) is 0.162. The van der Waals surface area contributed by atoms with E-state index in [0.717, 1.165) is 70.6 Å². The molecule has 0 saturated heterocycles. The molecule has 2 aliphatic carbocycles. The van der Waals surface area contributed by atoms with Crippen molar-refractivity contribution in [3.63, 3.8) is 0 Å². The molecule has 5 atom stereocenters. The Morgan fingerprint density at radius 2 is 0.897 bits per heavy atom. The first-order chi connectivity index (χ1) is 28.3. The van der Waals surface area contributed by atoms with Gasteiger partial charge in [0.05, 0.1) is 9.79 Å². The van der Waals surface area contributed by atoms with Gasteiger partial charge in [0, 0.05) is 22.5 Å². The minimum atomic E-state index is -3.72. The molecule has 1 heterocycles. The highest BCUT2D eigenvalue weighted by atomic mass is 32.2. The van der Waals surface area contributed by atoms with Gasteiger partial charge in [0.1, 0.15) is 0 Å². The van der Waals surface area contributed by atoms with E-state index in [1.165, 1.54) is 23.1 Å². The molecule has 3 nitrogen and oxygen atoms in total. The fraction of sp³-hybridized carbons (Fsp3) is 0.222. The SMILES string of the molecule is CCC1C[C@H]2CC(C)C[C@@H](C1)C21c2ccccc2S(=O)(=O)c2ccc(N(c3ccc(-c4ccccc4)cc3)c3ccc(-c4ccc(-c5ccccc5)cc4)cc3)cc21. The Bertz CT molecular complexity index is 2670. The largest absolute Gasteiger partial charge is 0.310 e. The van der Waals surface area contributed by atoms with Crippen LogP contribution in [0.4, 0.5) is 17.1 Å². The maximum absolute atomic E-state index is 14.7. The van der Waals surface area contributed by atoms with Crippen molar-refractivity contribution in [1.82, 2.24) is 0 Å². The van der Waals surface area contributed by atoms with Crippen LogP contribution < -0.4 is 4.90 Å². The highest BCUT2D eigenvalue weighted by Gasteiger charge is 2.59. The van der Waals surface area contributed by atoms with Gasteiger partial charge in [-0.2, -0.15) is 0 Å². The van der Waals surface area contributed by atoms with E-state index in [4.69, 9.17) is 0 Å². The number of benzene rings is 7. The number of rotatable bonds is 7. The van der Waals surface area contributed by atoms with Crippen molar-refractivity contribution in [2.75, 3.05) is 4.90 Å². The summed E-state index contributed by atoms with van der Waals surface area (Å²) in [5, 5.41) is 0. The van der Waals surface area contributed by atoms with Crippen LogP contribution in [0.5, 0.6) is 0 Å². The number of fused-ring (bicyclic) bond motifs is 2. The van der Waals surface area contributed by atoms with Gasteiger partial charge in [0.25, 0.3) is 0 Å². The lowest BCUT2D eigenvalue weighted by Crippen LogP contribution is -2.54. The molecule has 7 aromatic rings. The van der Waals surface area contributed by atoms with Gasteiger partial charge in [-0.05, 0) is 142 Å². The van der Waals surface area contributed by atoms with Gasteiger partial charge in [0.2, 0.25) is 9.84 Å². The molecule has 7 aromatic carbocycles. The number of hydrogen-bond donors (Lipinski definition) is 0. The van der Waals surface area contributed by atoms with E-state index in [9.17, 15) is 8.42 Å². The molecule has 3 aliphatic rings. The second-order valence-electron chi connectivity index (χ2n) is 17.0. The second kappa shape index (κ2) is 14.6. The molecule has 10 rings (SSSR count). The van der Waals surface area contributed by atoms with Gasteiger partial charge in [0.15, 0.2) is 0 Å². The van der Waals surface area contributed by atoms with Gasteiger partial charge in [-0.1, -0.05) is 148 Å². The summed E-state index contributed by atoms with van der Waals surface area (Å²) in [5.74, 6) is 2.02. The van der Waals surface area contributed by atoms with E-state index in [1.807, 2.05) is 36.4 Å². The molecule has 0 radical (unpaired) electrons. The molecular weight excluding hydrogens is 727 g/mol. The van der Waals surface area contributed by atoms with Crippen LogP contribution in [0, 0.1) is 23.7 Å². The van der Waals surface area contributed by atoms with E-state index < -0.39 is 9.84 Å². The highest BCUT2D eigenvalue weighted by Crippen LogP contribution is 2.65. The Hall–Kier alpha value is -5.71. The van der Waals surface area contributed by atoms with E-state index >= 15 is 0 Å². The van der Waals surface area contributed by atoms with Crippen molar-refractivity contribution >= 4 is 26.9 Å². The fourth-order valence-electron chi connectivity index (χ4n) is 11.1. The minimum absolute atomic E-state index is 0.357. The average Bonchev–Trinajstić information content (AvgIpc) is 3.27. The summed E-state index contributed by atoms with van der Waals surface area (Å²) in [5.41, 5.74) is 11.7. The first-order valence-corrected chi connectivity index (χ1v) is 22.5. The standard InChI is InChI=1S/C54H49NO2S/c1-3-38-34-45-32-37(2)33-46(35-38)54(45)50-16-10-11-17-52(50)58(56,57)53-31-30-49(36-51(53)54)55(47-26-22-43(23-27-47)40-14-8-5-9-15-40)48-28-24-44(25-29-48)42-20-18-41(19-21-42)39-12-6-4-7-13-39/h4-31,36-38,45-46H,3,32-35H2,1-2H3/t37?,38?,45-,46+,54?. The van der Waals surface area contributed by atoms with E-state index in [2.05, 4.69) is 158 Å². The van der Waals surface area contributed by atoms with Crippen molar-refractivity contribution in [2.24, 2.45) is 23.7 Å². The molecular formula is C54H49NO2S. The Labute approximate surface area is 344 Å². The molecule has 0 aromatic heterocycles. The first kappa shape index (κ1) is 36.6. The Kier molecular flexibility index (Phi) is 9.21. The van der Waals surface area contributed by atoms with Crippen molar-refractivity contribution in [1.29, 1.82) is 0 Å². The second-order valence-corrected chi connectivity index (χ2v) is 18.9. The van der Waals surface area contributed by atoms with Gasteiger partial charge >= 0.3 is 0 Å². The van der Waals surface area contributed by atoms with E-state index in [-0.39, 0.29) is 5.41 Å². The molecule has 2 fully saturated rings. The molecule has 1 aliphatic heterocycles. The minimum Gasteiger partial charge on any atom is -0.310 e. The van der Waals surface area contributed by atoms with Gasteiger partial charge in [-0.3, -0.25) is 0 Å². The van der Waals surface area contributed by atoms with Crippen molar-refractivity contribution < 1.29 is 8.42 Å². The summed E-state index contributed by atoms with van der Waals surface area (Å²) in [6.07, 6.45) is 5.67. The highest BCUT2D eigenvalue weighted by molar-refractivity contribution is 7.91. The molecule has 58 heavy (non-hydrogen) atoms. The summed E-state index contributed by atoms with van der Waals surface area (Å²) in [6.45, 7) is 4.74. The van der Waals surface area contributed by atoms with Crippen LogP contribution in [-0.4, -0.2) is 8.42 Å². The molecule has 0 amide bonds. The fourth-order valence-corrected chi connectivity index (χ4v) is 12.9. The summed E-state index contributed by atoms with van der Waals surface area (Å²) >= 11 is 0. The monoisotopic (exact) mass is 775 g/mol. The predicted octanol–water partition coefficient (Wildman–Crippen LogP) is 14.1. The Balaban J connectivity index is 1.12. The van der Waals surface area contributed by atoms with Crippen molar-refractivity contribution in [2.45, 2.75) is 61.2 Å². The van der Waals surface area contributed by atoms with Crippen LogP contribution in [0.2, 0.25) is 0 Å². The van der Waals surface area contributed by atoms with Gasteiger partial charge < -0.3 is 4.90 Å². The number of sulfone groups is 1. The average molecular weight is 776 g/mol. The number of hydrogen-bond acceptors (Lipinski definition) is 3. The van der Waals surface area contributed by atoms with E-state index in [0.29, 0.717) is 33.5 Å².